The first kappa shape index (κ1) is 14.3. The fraction of sp³-hybridized carbons (Fsp3) is 0.278. The third kappa shape index (κ3) is 4.23. The van der Waals surface area contributed by atoms with Crippen LogP contribution in [0.1, 0.15) is 36.1 Å². The molecule has 0 amide bonds. The van der Waals surface area contributed by atoms with Crippen molar-refractivity contribution in [2.75, 3.05) is 0 Å². The van der Waals surface area contributed by atoms with Crippen molar-refractivity contribution in [1.29, 1.82) is 0 Å². The number of oxime groups is 1. The first-order chi connectivity index (χ1) is 9.81. The molecule has 0 heterocycles. The minimum absolute atomic E-state index is 0.508. The van der Waals surface area contributed by atoms with Gasteiger partial charge in [0, 0.05) is 0 Å². The van der Waals surface area contributed by atoms with E-state index >= 15 is 0 Å². The van der Waals surface area contributed by atoms with Crippen molar-refractivity contribution in [2.24, 2.45) is 5.16 Å². The molecule has 2 rings (SSSR count). The lowest BCUT2D eigenvalue weighted by atomic mass is 10.1. The third-order valence-electron chi connectivity index (χ3n) is 3.30. The molecule has 2 aromatic carbocycles. The zero-order valence-electron chi connectivity index (χ0n) is 12.2. The highest BCUT2D eigenvalue weighted by atomic mass is 16.6. The van der Waals surface area contributed by atoms with Crippen LogP contribution in [0, 0.1) is 0 Å². The summed E-state index contributed by atoms with van der Waals surface area (Å²) < 4.78 is 0. The first-order valence-electron chi connectivity index (χ1n) is 7.14. The van der Waals surface area contributed by atoms with Gasteiger partial charge in [-0.05, 0) is 35.1 Å². The predicted molar refractivity (Wildman–Crippen MR) is 84.0 cm³/mol. The Labute approximate surface area is 121 Å². The summed E-state index contributed by atoms with van der Waals surface area (Å²) in [4.78, 5) is 5.34. The van der Waals surface area contributed by atoms with Crippen LogP contribution in [0.2, 0.25) is 0 Å². The topological polar surface area (TPSA) is 21.6 Å². The summed E-state index contributed by atoms with van der Waals surface area (Å²) in [5, 5.41) is 4.03. The number of hydrogen-bond acceptors (Lipinski definition) is 2. The molecule has 0 N–H and O–H groups in total. The molecule has 0 aliphatic heterocycles. The molecule has 0 spiro atoms. The van der Waals surface area contributed by atoms with Gasteiger partial charge in [0.15, 0.2) is 0 Å². The molecule has 0 aliphatic carbocycles. The van der Waals surface area contributed by atoms with Crippen LogP contribution in [0.15, 0.2) is 53.7 Å². The van der Waals surface area contributed by atoms with Crippen LogP contribution in [0.25, 0.3) is 0 Å². The smallest absolute Gasteiger partial charge is 0.142 e. The number of benzene rings is 2. The Bertz CT molecular complexity index is 558. The largest absolute Gasteiger partial charge is 0.391 e. The quantitative estimate of drug-likeness (QED) is 0.563. The monoisotopic (exact) mass is 267 g/mol. The average molecular weight is 267 g/mol. The molecular formula is C18H21NO. The number of rotatable bonds is 6. The van der Waals surface area contributed by atoms with Crippen molar-refractivity contribution in [3.8, 4) is 0 Å². The van der Waals surface area contributed by atoms with Gasteiger partial charge in [0.2, 0.25) is 0 Å². The molecule has 0 saturated carbocycles. The normalized spacial score (nSPS) is 10.9. The fourth-order valence-corrected chi connectivity index (χ4v) is 1.97. The van der Waals surface area contributed by atoms with Crippen molar-refractivity contribution in [3.63, 3.8) is 0 Å². The minimum Gasteiger partial charge on any atom is -0.391 e. The maximum absolute atomic E-state index is 5.34. The molecule has 2 heteroatoms. The molecular weight excluding hydrogens is 246 g/mol. The first-order valence-corrected chi connectivity index (χ1v) is 7.14. The summed E-state index contributed by atoms with van der Waals surface area (Å²) in [6.45, 7) is 4.81. The van der Waals surface area contributed by atoms with Gasteiger partial charge in [-0.1, -0.05) is 67.5 Å². The summed E-state index contributed by atoms with van der Waals surface area (Å²) in [6, 6.07) is 16.8. The molecule has 2 aromatic rings. The molecule has 0 unspecified atom stereocenters. The van der Waals surface area contributed by atoms with Gasteiger partial charge in [-0.15, -0.1) is 0 Å². The lowest BCUT2D eigenvalue weighted by molar-refractivity contribution is 0.132. The lowest BCUT2D eigenvalue weighted by Gasteiger charge is -2.02. The van der Waals surface area contributed by atoms with E-state index in [4.69, 9.17) is 4.84 Å². The van der Waals surface area contributed by atoms with Crippen LogP contribution >= 0.6 is 0 Å². The highest BCUT2D eigenvalue weighted by molar-refractivity contribution is 5.79. The van der Waals surface area contributed by atoms with Gasteiger partial charge in [-0.25, -0.2) is 0 Å². The number of nitrogens with zero attached hydrogens (tertiary/aromatic N) is 1. The summed E-state index contributed by atoms with van der Waals surface area (Å²) in [6.07, 6.45) is 3.86. The minimum atomic E-state index is 0.508. The Morgan fingerprint density at radius 1 is 0.900 bits per heavy atom. The Hall–Kier alpha value is -2.09. The molecule has 0 atom stereocenters. The van der Waals surface area contributed by atoms with E-state index in [1.807, 2.05) is 12.1 Å². The van der Waals surface area contributed by atoms with Crippen LogP contribution in [0.4, 0.5) is 0 Å². The van der Waals surface area contributed by atoms with E-state index in [0.29, 0.717) is 6.61 Å². The molecule has 20 heavy (non-hydrogen) atoms. The van der Waals surface area contributed by atoms with E-state index in [1.54, 1.807) is 6.21 Å². The van der Waals surface area contributed by atoms with Crippen LogP contribution in [0.3, 0.4) is 0 Å². The fourth-order valence-electron chi connectivity index (χ4n) is 1.97. The lowest BCUT2D eigenvalue weighted by Crippen LogP contribution is -1.90. The molecule has 104 valence electrons. The summed E-state index contributed by atoms with van der Waals surface area (Å²) >= 11 is 0. The summed E-state index contributed by atoms with van der Waals surface area (Å²) in [5.41, 5.74) is 4.87. The molecule has 0 radical (unpaired) electrons. The van der Waals surface area contributed by atoms with Gasteiger partial charge in [-0.2, -0.15) is 0 Å². The van der Waals surface area contributed by atoms with Crippen LogP contribution in [-0.4, -0.2) is 6.21 Å². The summed E-state index contributed by atoms with van der Waals surface area (Å²) in [5.74, 6) is 0. The van der Waals surface area contributed by atoms with Crippen molar-refractivity contribution in [3.05, 3.63) is 70.8 Å². The maximum atomic E-state index is 5.34. The van der Waals surface area contributed by atoms with E-state index < -0.39 is 0 Å². The van der Waals surface area contributed by atoms with Crippen LogP contribution < -0.4 is 0 Å². The van der Waals surface area contributed by atoms with Gasteiger partial charge in [0.05, 0.1) is 6.21 Å². The van der Waals surface area contributed by atoms with Gasteiger partial charge in [0.25, 0.3) is 0 Å². The van der Waals surface area contributed by atoms with Crippen molar-refractivity contribution >= 4 is 6.21 Å². The third-order valence-corrected chi connectivity index (χ3v) is 3.30. The molecule has 0 saturated heterocycles. The average Bonchev–Trinajstić information content (AvgIpc) is 2.52. The van der Waals surface area contributed by atoms with Crippen molar-refractivity contribution in [2.45, 2.75) is 33.3 Å². The predicted octanol–water partition coefficient (Wildman–Crippen LogP) is 4.36. The molecule has 0 bridgehead atoms. The van der Waals surface area contributed by atoms with Crippen molar-refractivity contribution in [1.82, 2.24) is 0 Å². The van der Waals surface area contributed by atoms with Gasteiger partial charge in [-0.3, -0.25) is 0 Å². The Morgan fingerprint density at radius 3 is 2.30 bits per heavy atom. The molecule has 0 aliphatic rings. The number of aryl methyl sites for hydroxylation is 2. The Balaban J connectivity index is 1.86. The van der Waals surface area contributed by atoms with Gasteiger partial charge >= 0.3 is 0 Å². The molecule has 0 aromatic heterocycles. The van der Waals surface area contributed by atoms with Gasteiger partial charge in [0.1, 0.15) is 6.61 Å². The zero-order chi connectivity index (χ0) is 14.2. The van der Waals surface area contributed by atoms with E-state index in [9.17, 15) is 0 Å². The Kier molecular flexibility index (Phi) is 5.36. The SMILES string of the molecule is CCc1ccc(CON=Cc2cccc(CC)c2)cc1. The standard InChI is InChI=1S/C18H21NO/c1-3-15-8-10-17(11-9-15)14-20-19-13-18-7-5-6-16(4-2)12-18/h5-13H,3-4,14H2,1-2H3. The second-order valence-electron chi connectivity index (χ2n) is 4.78. The zero-order valence-corrected chi connectivity index (χ0v) is 12.2. The van der Waals surface area contributed by atoms with Crippen molar-refractivity contribution < 1.29 is 4.84 Å². The van der Waals surface area contributed by atoms with Gasteiger partial charge < -0.3 is 4.84 Å². The molecule has 2 nitrogen and oxygen atoms in total. The second-order valence-corrected chi connectivity index (χ2v) is 4.78. The van der Waals surface area contributed by atoms with E-state index in [-0.39, 0.29) is 0 Å². The summed E-state index contributed by atoms with van der Waals surface area (Å²) in [7, 11) is 0. The highest BCUT2D eigenvalue weighted by Gasteiger charge is 1.94. The van der Waals surface area contributed by atoms with E-state index in [2.05, 4.69) is 55.4 Å². The van der Waals surface area contributed by atoms with Crippen LogP contribution in [-0.2, 0) is 24.3 Å². The Morgan fingerprint density at radius 2 is 1.60 bits per heavy atom. The highest BCUT2D eigenvalue weighted by Crippen LogP contribution is 2.07. The number of hydrogen-bond donors (Lipinski definition) is 0. The van der Waals surface area contributed by atoms with E-state index in [0.717, 1.165) is 24.0 Å². The molecule has 0 fully saturated rings. The maximum Gasteiger partial charge on any atom is 0.142 e. The second kappa shape index (κ2) is 7.49. The van der Waals surface area contributed by atoms with E-state index in [1.165, 1.54) is 11.1 Å². The van der Waals surface area contributed by atoms with Crippen LogP contribution in [0.5, 0.6) is 0 Å².